The zero-order valence-corrected chi connectivity index (χ0v) is 14.0. The van der Waals surface area contributed by atoms with Crippen LogP contribution in [-0.4, -0.2) is 25.0 Å². The summed E-state index contributed by atoms with van der Waals surface area (Å²) in [6.45, 7) is 0.595. The first-order chi connectivity index (χ1) is 12.1. The molecule has 0 bridgehead atoms. The Bertz CT molecular complexity index is 1000. The van der Waals surface area contributed by atoms with Crippen molar-refractivity contribution < 1.29 is 17.6 Å². The number of ether oxygens (including phenoxy) is 1. The quantitative estimate of drug-likeness (QED) is 0.752. The molecule has 0 amide bonds. The van der Waals surface area contributed by atoms with Gasteiger partial charge in [0, 0.05) is 18.8 Å². The zero-order chi connectivity index (χ0) is 17.3. The maximum Gasteiger partial charge on any atom is 0.240 e. The predicted octanol–water partition coefficient (Wildman–Crippen LogP) is 2.15. The molecule has 4 rings (SSSR count). The van der Waals surface area contributed by atoms with Gasteiger partial charge in [0.2, 0.25) is 10.0 Å². The lowest BCUT2D eigenvalue weighted by molar-refractivity contribution is 0.356. The fourth-order valence-electron chi connectivity index (χ4n) is 2.69. The van der Waals surface area contributed by atoms with Gasteiger partial charge in [0.05, 0.1) is 30.0 Å². The maximum atomic E-state index is 12.6. The molecule has 2 aromatic heterocycles. The van der Waals surface area contributed by atoms with Crippen LogP contribution in [0.5, 0.6) is 5.75 Å². The molecule has 0 aliphatic carbocycles. The first-order valence-corrected chi connectivity index (χ1v) is 9.21. The van der Waals surface area contributed by atoms with E-state index in [1.54, 1.807) is 24.3 Å². The Balaban J connectivity index is 1.57. The third-order valence-corrected chi connectivity index (χ3v) is 5.33. The molecule has 25 heavy (non-hydrogen) atoms. The SMILES string of the molecule is O=S(=O)(NCc1nccnc1-c1ccco1)c1ccc2c(c1)CCO2. The van der Waals surface area contributed by atoms with Gasteiger partial charge in [-0.05, 0) is 35.9 Å². The second-order valence-corrected chi connectivity index (χ2v) is 7.29. The maximum absolute atomic E-state index is 12.6. The summed E-state index contributed by atoms with van der Waals surface area (Å²) in [6.07, 6.45) is 5.30. The highest BCUT2D eigenvalue weighted by Crippen LogP contribution is 2.27. The number of furan rings is 1. The molecule has 0 radical (unpaired) electrons. The Morgan fingerprint density at radius 2 is 2.04 bits per heavy atom. The monoisotopic (exact) mass is 357 g/mol. The molecule has 3 aromatic rings. The Morgan fingerprint density at radius 1 is 1.16 bits per heavy atom. The standard InChI is InChI=1S/C17H15N3O4S/c21-25(22,13-3-4-15-12(10-13)5-9-24-15)20-11-14-17(19-7-6-18-14)16-2-1-8-23-16/h1-4,6-8,10,20H,5,9,11H2. The van der Waals surface area contributed by atoms with E-state index in [-0.39, 0.29) is 11.4 Å². The summed E-state index contributed by atoms with van der Waals surface area (Å²) in [7, 11) is -3.67. The Kier molecular flexibility index (Phi) is 3.98. The van der Waals surface area contributed by atoms with Crippen molar-refractivity contribution in [3.05, 3.63) is 60.2 Å². The van der Waals surface area contributed by atoms with E-state index in [1.807, 2.05) is 0 Å². The first-order valence-electron chi connectivity index (χ1n) is 7.73. The first kappa shape index (κ1) is 15.8. The molecule has 1 aromatic carbocycles. The van der Waals surface area contributed by atoms with Gasteiger partial charge in [-0.1, -0.05) is 0 Å². The topological polar surface area (TPSA) is 94.3 Å². The van der Waals surface area contributed by atoms with Crippen LogP contribution < -0.4 is 9.46 Å². The molecular weight excluding hydrogens is 342 g/mol. The fourth-order valence-corrected chi connectivity index (χ4v) is 3.73. The van der Waals surface area contributed by atoms with Gasteiger partial charge in [0.25, 0.3) is 0 Å². The van der Waals surface area contributed by atoms with Crippen LogP contribution in [0.15, 0.2) is 58.3 Å². The van der Waals surface area contributed by atoms with Crippen LogP contribution in [0.4, 0.5) is 0 Å². The van der Waals surface area contributed by atoms with Crippen molar-refractivity contribution in [2.75, 3.05) is 6.61 Å². The molecule has 3 heterocycles. The number of sulfonamides is 1. The number of nitrogens with one attached hydrogen (secondary N) is 1. The highest BCUT2D eigenvalue weighted by atomic mass is 32.2. The van der Waals surface area contributed by atoms with Crippen LogP contribution in [0.2, 0.25) is 0 Å². The average molecular weight is 357 g/mol. The van der Waals surface area contributed by atoms with Crippen LogP contribution in [0.1, 0.15) is 11.3 Å². The summed E-state index contributed by atoms with van der Waals surface area (Å²) in [6, 6.07) is 8.37. The molecule has 1 N–H and O–H groups in total. The van der Waals surface area contributed by atoms with E-state index in [2.05, 4.69) is 14.7 Å². The summed E-state index contributed by atoms with van der Waals surface area (Å²) < 4.78 is 38.5. The van der Waals surface area contributed by atoms with Crippen LogP contribution in [0.3, 0.4) is 0 Å². The van der Waals surface area contributed by atoms with Crippen molar-refractivity contribution in [2.45, 2.75) is 17.9 Å². The van der Waals surface area contributed by atoms with Gasteiger partial charge in [-0.2, -0.15) is 0 Å². The highest BCUT2D eigenvalue weighted by molar-refractivity contribution is 7.89. The molecule has 0 saturated heterocycles. The Hall–Kier alpha value is -2.71. The summed E-state index contributed by atoms with van der Waals surface area (Å²) in [5.41, 5.74) is 1.90. The molecule has 0 unspecified atom stereocenters. The van der Waals surface area contributed by atoms with Crippen molar-refractivity contribution in [1.29, 1.82) is 0 Å². The normalized spacial score (nSPS) is 13.4. The molecule has 0 fully saturated rings. The van der Waals surface area contributed by atoms with Crippen LogP contribution in [0.25, 0.3) is 11.5 Å². The van der Waals surface area contributed by atoms with E-state index in [0.717, 1.165) is 11.3 Å². The van der Waals surface area contributed by atoms with E-state index in [4.69, 9.17) is 9.15 Å². The third-order valence-electron chi connectivity index (χ3n) is 3.93. The van der Waals surface area contributed by atoms with Crippen molar-refractivity contribution >= 4 is 10.0 Å². The van der Waals surface area contributed by atoms with Gasteiger partial charge in [-0.15, -0.1) is 0 Å². The molecule has 0 spiro atoms. The van der Waals surface area contributed by atoms with Crippen LogP contribution in [-0.2, 0) is 23.0 Å². The van der Waals surface area contributed by atoms with E-state index in [9.17, 15) is 8.42 Å². The number of aromatic nitrogens is 2. The van der Waals surface area contributed by atoms with Gasteiger partial charge in [0.15, 0.2) is 5.76 Å². The lowest BCUT2D eigenvalue weighted by Crippen LogP contribution is -2.24. The zero-order valence-electron chi connectivity index (χ0n) is 13.2. The van der Waals surface area contributed by atoms with Gasteiger partial charge in [-0.3, -0.25) is 4.98 Å². The lowest BCUT2D eigenvalue weighted by Gasteiger charge is -2.09. The number of rotatable bonds is 5. The van der Waals surface area contributed by atoms with Crippen molar-refractivity contribution in [2.24, 2.45) is 0 Å². The number of benzene rings is 1. The van der Waals surface area contributed by atoms with E-state index < -0.39 is 10.0 Å². The number of hydrogen-bond acceptors (Lipinski definition) is 6. The van der Waals surface area contributed by atoms with Crippen LogP contribution in [0, 0.1) is 0 Å². The number of nitrogens with zero attached hydrogens (tertiary/aromatic N) is 2. The van der Waals surface area contributed by atoms with Crippen molar-refractivity contribution in [1.82, 2.24) is 14.7 Å². The number of hydrogen-bond donors (Lipinski definition) is 1. The molecule has 1 aliphatic heterocycles. The smallest absolute Gasteiger partial charge is 0.240 e. The van der Waals surface area contributed by atoms with Gasteiger partial charge in [0.1, 0.15) is 11.4 Å². The molecule has 0 saturated carbocycles. The highest BCUT2D eigenvalue weighted by Gasteiger charge is 2.20. The van der Waals surface area contributed by atoms with Crippen molar-refractivity contribution in [3.63, 3.8) is 0 Å². The van der Waals surface area contributed by atoms with Gasteiger partial charge in [-0.25, -0.2) is 18.1 Å². The van der Waals surface area contributed by atoms with Gasteiger partial charge < -0.3 is 9.15 Å². The molecule has 8 heteroatoms. The Morgan fingerprint density at radius 3 is 2.88 bits per heavy atom. The lowest BCUT2D eigenvalue weighted by atomic mass is 10.2. The minimum absolute atomic E-state index is 0.0137. The average Bonchev–Trinajstić information content (AvgIpc) is 3.31. The van der Waals surface area contributed by atoms with E-state index >= 15 is 0 Å². The van der Waals surface area contributed by atoms with E-state index in [1.165, 1.54) is 24.7 Å². The Labute approximate surface area is 144 Å². The summed E-state index contributed by atoms with van der Waals surface area (Å²) in [5, 5.41) is 0. The second-order valence-electron chi connectivity index (χ2n) is 5.52. The minimum atomic E-state index is -3.67. The minimum Gasteiger partial charge on any atom is -0.493 e. The molecule has 1 aliphatic rings. The van der Waals surface area contributed by atoms with Gasteiger partial charge >= 0.3 is 0 Å². The molecular formula is C17H15N3O4S. The van der Waals surface area contributed by atoms with Crippen LogP contribution >= 0.6 is 0 Å². The largest absolute Gasteiger partial charge is 0.493 e. The summed E-state index contributed by atoms with van der Waals surface area (Å²) in [4.78, 5) is 8.66. The molecule has 128 valence electrons. The summed E-state index contributed by atoms with van der Waals surface area (Å²) >= 11 is 0. The number of fused-ring (bicyclic) bond motifs is 1. The molecule has 7 nitrogen and oxygen atoms in total. The summed E-state index contributed by atoms with van der Waals surface area (Å²) in [5.74, 6) is 1.28. The van der Waals surface area contributed by atoms with E-state index in [0.29, 0.717) is 30.2 Å². The predicted molar refractivity (Wildman–Crippen MR) is 89.4 cm³/mol. The third kappa shape index (κ3) is 3.13. The fraction of sp³-hybridized carbons (Fsp3) is 0.176. The van der Waals surface area contributed by atoms with Crippen molar-refractivity contribution in [3.8, 4) is 17.2 Å². The second kappa shape index (κ2) is 6.30. The molecule has 0 atom stereocenters.